The second-order valence-electron chi connectivity index (χ2n) is 4.77. The van der Waals surface area contributed by atoms with Crippen molar-refractivity contribution in [2.24, 2.45) is 7.05 Å². The van der Waals surface area contributed by atoms with Crippen LogP contribution in [0.5, 0.6) is 0 Å². The fourth-order valence-electron chi connectivity index (χ4n) is 2.78. The number of rotatable bonds is 1. The van der Waals surface area contributed by atoms with Crippen LogP contribution in [0.2, 0.25) is 0 Å². The lowest BCUT2D eigenvalue weighted by Gasteiger charge is -2.05. The summed E-state index contributed by atoms with van der Waals surface area (Å²) in [5.74, 6) is 0. The molecule has 90 valence electrons. The van der Waals surface area contributed by atoms with Crippen molar-refractivity contribution in [2.75, 3.05) is 0 Å². The largest absolute Gasteiger partial charge is 0.343 e. The first-order valence-corrected chi connectivity index (χ1v) is 6.33. The second-order valence-corrected chi connectivity index (χ2v) is 4.77. The van der Waals surface area contributed by atoms with Gasteiger partial charge in [-0.15, -0.1) is 0 Å². The predicted octanol–water partition coefficient (Wildman–Crippen LogP) is 4.67. The summed E-state index contributed by atoms with van der Waals surface area (Å²) in [6.45, 7) is 4.24. The Morgan fingerprint density at radius 2 is 1.78 bits per heavy atom. The van der Waals surface area contributed by atoms with Crippen LogP contribution in [0.4, 0.5) is 0 Å². The van der Waals surface area contributed by atoms with Crippen LogP contribution in [0.25, 0.3) is 27.9 Å². The van der Waals surface area contributed by atoms with E-state index in [0.717, 1.165) is 0 Å². The van der Waals surface area contributed by atoms with Gasteiger partial charge >= 0.3 is 0 Å². The van der Waals surface area contributed by atoms with Crippen LogP contribution in [-0.4, -0.2) is 4.57 Å². The standard InChI is InChI=1S/C17H17N/c1-4-7-13-12(2)10-11-15-14-8-5-6-9-16(14)18(3)17(13)15/h4-11H,1-3H3/b7-4-. The summed E-state index contributed by atoms with van der Waals surface area (Å²) in [5.41, 5.74) is 5.28. The highest BCUT2D eigenvalue weighted by atomic mass is 14.9. The molecule has 0 unspecified atom stereocenters. The molecule has 1 heterocycles. The first kappa shape index (κ1) is 11.1. The van der Waals surface area contributed by atoms with E-state index in [9.17, 15) is 0 Å². The van der Waals surface area contributed by atoms with Crippen molar-refractivity contribution >= 4 is 27.9 Å². The molecule has 0 N–H and O–H groups in total. The van der Waals surface area contributed by atoms with Gasteiger partial charge in [0.25, 0.3) is 0 Å². The minimum atomic E-state index is 1.30. The Morgan fingerprint density at radius 1 is 1.00 bits per heavy atom. The van der Waals surface area contributed by atoms with Crippen molar-refractivity contribution in [3.63, 3.8) is 0 Å². The molecule has 0 saturated heterocycles. The Morgan fingerprint density at radius 3 is 2.56 bits per heavy atom. The average Bonchev–Trinajstić information content (AvgIpc) is 2.68. The lowest BCUT2D eigenvalue weighted by atomic mass is 10.0. The number of hydrogen-bond acceptors (Lipinski definition) is 0. The highest BCUT2D eigenvalue weighted by Gasteiger charge is 2.11. The fourth-order valence-corrected chi connectivity index (χ4v) is 2.78. The molecule has 0 saturated carbocycles. The molecule has 0 amide bonds. The van der Waals surface area contributed by atoms with Gasteiger partial charge in [-0.3, -0.25) is 0 Å². The van der Waals surface area contributed by atoms with E-state index in [-0.39, 0.29) is 0 Å². The summed E-state index contributed by atoms with van der Waals surface area (Å²) in [6, 6.07) is 13.0. The molecule has 3 rings (SSSR count). The van der Waals surface area contributed by atoms with Gasteiger partial charge in [0.2, 0.25) is 0 Å². The number of nitrogens with zero attached hydrogens (tertiary/aromatic N) is 1. The van der Waals surface area contributed by atoms with E-state index >= 15 is 0 Å². The van der Waals surface area contributed by atoms with E-state index in [1.807, 2.05) is 0 Å². The molecule has 0 aliphatic heterocycles. The van der Waals surface area contributed by atoms with Crippen LogP contribution >= 0.6 is 0 Å². The zero-order valence-corrected chi connectivity index (χ0v) is 11.1. The topological polar surface area (TPSA) is 4.93 Å². The zero-order valence-electron chi connectivity index (χ0n) is 11.1. The van der Waals surface area contributed by atoms with E-state index in [1.165, 1.54) is 32.9 Å². The zero-order chi connectivity index (χ0) is 12.7. The number of aryl methyl sites for hydroxylation is 2. The van der Waals surface area contributed by atoms with Crippen LogP contribution < -0.4 is 0 Å². The number of benzene rings is 2. The molecule has 3 aromatic rings. The van der Waals surface area contributed by atoms with Gasteiger partial charge in [-0.25, -0.2) is 0 Å². The molecule has 1 nitrogen and oxygen atoms in total. The Balaban J connectivity index is 2.59. The number of fused-ring (bicyclic) bond motifs is 3. The molecule has 1 heteroatoms. The first-order valence-electron chi connectivity index (χ1n) is 6.33. The molecular formula is C17H17N. The number of allylic oxidation sites excluding steroid dienone is 1. The highest BCUT2D eigenvalue weighted by molar-refractivity contribution is 6.10. The van der Waals surface area contributed by atoms with E-state index in [2.05, 4.69) is 74.0 Å². The minimum absolute atomic E-state index is 1.30. The van der Waals surface area contributed by atoms with Crippen LogP contribution in [0.1, 0.15) is 18.1 Å². The van der Waals surface area contributed by atoms with Crippen LogP contribution in [0.15, 0.2) is 42.5 Å². The van der Waals surface area contributed by atoms with Crippen molar-refractivity contribution in [2.45, 2.75) is 13.8 Å². The monoisotopic (exact) mass is 235 g/mol. The fraction of sp³-hybridized carbons (Fsp3) is 0.176. The van der Waals surface area contributed by atoms with Gasteiger partial charge in [0.15, 0.2) is 0 Å². The molecule has 18 heavy (non-hydrogen) atoms. The molecule has 0 radical (unpaired) electrons. The minimum Gasteiger partial charge on any atom is -0.343 e. The maximum Gasteiger partial charge on any atom is 0.0564 e. The van der Waals surface area contributed by atoms with Gasteiger partial charge in [0.05, 0.1) is 5.52 Å². The van der Waals surface area contributed by atoms with Gasteiger partial charge in [-0.2, -0.15) is 0 Å². The molecule has 0 aliphatic carbocycles. The van der Waals surface area contributed by atoms with E-state index in [4.69, 9.17) is 0 Å². The lowest BCUT2D eigenvalue weighted by molar-refractivity contribution is 1.01. The van der Waals surface area contributed by atoms with Crippen molar-refractivity contribution in [3.8, 4) is 0 Å². The van der Waals surface area contributed by atoms with Crippen molar-refractivity contribution in [1.29, 1.82) is 0 Å². The summed E-state index contributed by atoms with van der Waals surface area (Å²) in [4.78, 5) is 0. The lowest BCUT2D eigenvalue weighted by Crippen LogP contribution is -1.91. The molecule has 2 aromatic carbocycles. The second kappa shape index (κ2) is 4.02. The van der Waals surface area contributed by atoms with Crippen molar-refractivity contribution in [3.05, 3.63) is 53.6 Å². The molecule has 0 bridgehead atoms. The highest BCUT2D eigenvalue weighted by Crippen LogP contribution is 2.32. The predicted molar refractivity (Wildman–Crippen MR) is 79.9 cm³/mol. The van der Waals surface area contributed by atoms with E-state index in [1.54, 1.807) is 0 Å². The number of hydrogen-bond donors (Lipinski definition) is 0. The van der Waals surface area contributed by atoms with Crippen LogP contribution in [0.3, 0.4) is 0 Å². The Labute approximate surface area is 107 Å². The van der Waals surface area contributed by atoms with Gasteiger partial charge in [-0.1, -0.05) is 42.5 Å². The molecular weight excluding hydrogens is 218 g/mol. The Hall–Kier alpha value is -2.02. The maximum absolute atomic E-state index is 2.30. The summed E-state index contributed by atoms with van der Waals surface area (Å²) in [6.07, 6.45) is 4.32. The number of aromatic nitrogens is 1. The average molecular weight is 235 g/mol. The van der Waals surface area contributed by atoms with Gasteiger partial charge in [0, 0.05) is 28.9 Å². The van der Waals surface area contributed by atoms with Crippen molar-refractivity contribution in [1.82, 2.24) is 4.57 Å². The van der Waals surface area contributed by atoms with E-state index in [0.29, 0.717) is 0 Å². The smallest absolute Gasteiger partial charge is 0.0564 e. The van der Waals surface area contributed by atoms with E-state index < -0.39 is 0 Å². The summed E-state index contributed by atoms with van der Waals surface area (Å²) < 4.78 is 2.30. The molecule has 0 spiro atoms. The molecule has 0 atom stereocenters. The maximum atomic E-state index is 2.30. The summed E-state index contributed by atoms with van der Waals surface area (Å²) in [7, 11) is 2.15. The SMILES string of the molecule is C/C=C\c1c(C)ccc2c3ccccc3n(C)c12. The summed E-state index contributed by atoms with van der Waals surface area (Å²) in [5, 5.41) is 2.67. The molecule has 1 aromatic heterocycles. The molecule has 0 aliphatic rings. The number of para-hydroxylation sites is 1. The van der Waals surface area contributed by atoms with Gasteiger partial charge in [0.1, 0.15) is 0 Å². The first-order chi connectivity index (χ1) is 8.74. The van der Waals surface area contributed by atoms with Crippen molar-refractivity contribution < 1.29 is 0 Å². The quantitative estimate of drug-likeness (QED) is 0.577. The third-order valence-corrected chi connectivity index (χ3v) is 3.66. The van der Waals surface area contributed by atoms with Crippen LogP contribution in [-0.2, 0) is 7.05 Å². The Bertz CT molecular complexity index is 760. The van der Waals surface area contributed by atoms with Gasteiger partial charge in [-0.05, 0) is 25.5 Å². The Kier molecular flexibility index (Phi) is 2.48. The third kappa shape index (κ3) is 1.40. The van der Waals surface area contributed by atoms with Gasteiger partial charge < -0.3 is 4.57 Å². The third-order valence-electron chi connectivity index (χ3n) is 3.66. The normalized spacial score (nSPS) is 11.9. The van der Waals surface area contributed by atoms with Crippen LogP contribution in [0, 0.1) is 6.92 Å². The summed E-state index contributed by atoms with van der Waals surface area (Å²) >= 11 is 0. The molecule has 0 fully saturated rings.